The summed E-state index contributed by atoms with van der Waals surface area (Å²) in [6, 6.07) is 1.34. The number of nitrogens with two attached hydrogens (primary N) is 5. The first kappa shape index (κ1) is 111. The van der Waals surface area contributed by atoms with Crippen molar-refractivity contribution >= 4 is 117 Å². The number of ether oxygens (including phenoxy) is 3. The van der Waals surface area contributed by atoms with Crippen LogP contribution in [-0.2, 0) is 155 Å². The van der Waals surface area contributed by atoms with Gasteiger partial charge in [0.05, 0.1) is 102 Å². The van der Waals surface area contributed by atoms with Crippen molar-refractivity contribution in [3.63, 3.8) is 0 Å². The maximum atomic E-state index is 12.0. The van der Waals surface area contributed by atoms with Crippen molar-refractivity contribution in [1.82, 2.24) is 38.6 Å². The lowest BCUT2D eigenvalue weighted by Gasteiger charge is -2.36. The van der Waals surface area contributed by atoms with Gasteiger partial charge in [-0.05, 0) is 71.1 Å². The summed E-state index contributed by atoms with van der Waals surface area (Å²) in [5, 5.41) is 30.4. The average Bonchev–Trinajstić information content (AvgIpc) is 1.67. The summed E-state index contributed by atoms with van der Waals surface area (Å²) in [5.74, 6) is 0.119. The van der Waals surface area contributed by atoms with E-state index in [9.17, 15) is 143 Å². The zero-order chi connectivity index (χ0) is 92.4. The van der Waals surface area contributed by atoms with Crippen molar-refractivity contribution in [3.8, 4) is 0 Å². The molecule has 710 valence electrons. The van der Waals surface area contributed by atoms with Gasteiger partial charge in [0, 0.05) is 37.2 Å². The molecule has 0 spiro atoms. The number of nitrogens with one attached hydrogen (secondary N) is 1. The zero-order valence-corrected chi connectivity index (χ0v) is 74.5. The third-order valence-electron chi connectivity index (χ3n) is 15.7. The van der Waals surface area contributed by atoms with Crippen LogP contribution < -0.4 is 104 Å². The van der Waals surface area contributed by atoms with Crippen molar-refractivity contribution < 1.29 is 209 Å². The predicted octanol–water partition coefficient (Wildman–Crippen LogP) is -5.94. The highest BCUT2D eigenvalue weighted by Crippen LogP contribution is 2.70. The van der Waals surface area contributed by atoms with Crippen LogP contribution in [0.2, 0.25) is 0 Å². The number of hydrogen-bond donors (Lipinski definition) is 9. The predicted molar refractivity (Wildman–Crippen MR) is 386 cm³/mol. The van der Waals surface area contributed by atoms with E-state index >= 15 is 0 Å². The van der Waals surface area contributed by atoms with Crippen LogP contribution in [0.4, 0.5) is 11.6 Å². The molecule has 61 nitrogen and oxygen atoms in total. The molecule has 0 bridgehead atoms. The van der Waals surface area contributed by atoms with Crippen molar-refractivity contribution in [3.05, 3.63) is 68.0 Å². The molecule has 3 aliphatic heterocycles. The zero-order valence-electron chi connectivity index (χ0n) is 63.8. The van der Waals surface area contributed by atoms with Gasteiger partial charge in [0.15, 0.2) is 11.5 Å². The summed E-state index contributed by atoms with van der Waals surface area (Å²) in [4.78, 5) is 194. The summed E-state index contributed by atoms with van der Waals surface area (Å²) in [7, 11) is -72.4. The summed E-state index contributed by atoms with van der Waals surface area (Å²) in [5.41, 5.74) is 25.9. The van der Waals surface area contributed by atoms with Gasteiger partial charge in [-0.2, -0.15) is 4.98 Å². The van der Waals surface area contributed by atoms with Crippen molar-refractivity contribution in [2.24, 2.45) is 17.2 Å². The molecule has 3 saturated heterocycles. The minimum atomic E-state index is -6.36. The first-order chi connectivity index (χ1) is 56.8. The number of unbranched alkanes of at least 4 members (excludes halogenated alkanes) is 9. The molecule has 0 amide bonds. The second-order valence-electron chi connectivity index (χ2n) is 25.7. The first-order valence-corrected chi connectivity index (χ1v) is 53.0. The molecule has 4 aromatic rings. The number of aryl methyl sites for hydroxylation is 1. The second-order valence-corrected chi connectivity index (χ2v) is 43.9. The molecule has 3 aliphatic rings. The number of nitrogens with zero attached hydrogens (tertiary/aromatic N) is 7. The SMILES string of the molecule is Cc1cn(C[C@H]2CC(O)[C@@H](COP(=O)([O-])OP(=O)([O-])OP(=O)([O-])OP(=O)([O-])OCCCCCCN)O2)c(=O)[nH]c1=O.NCCCCCCOP(=O)([O-])OP(=O)([O-])OP(=O)([O-])OP(=O)([O-])OC[C@H]1O[C@@H](Cn2ccc(N)nc2=O)CC1O.NCCCCCCOP(=O)([O-])OP(=O)([O-])OP(=O)([O-])OP(=O)([O-])OC[C@H]1O[C@@H](Cn2cnc3c(N)ncnc32)CC1O. The number of fused-ring (bicyclic) bond motifs is 1. The van der Waals surface area contributed by atoms with Gasteiger partial charge in [0.1, 0.15) is 36.0 Å². The van der Waals surface area contributed by atoms with E-state index in [0.29, 0.717) is 88.6 Å². The fourth-order valence-electron chi connectivity index (χ4n) is 10.4. The van der Waals surface area contributed by atoms with Gasteiger partial charge in [0.2, 0.25) is 0 Å². The van der Waals surface area contributed by atoms with Gasteiger partial charge >= 0.3 is 11.4 Å². The molecule has 21 atom stereocenters. The Morgan fingerprint density at radius 1 is 0.431 bits per heavy atom. The Hall–Kier alpha value is -2.97. The van der Waals surface area contributed by atoms with E-state index in [1.54, 1.807) is 4.57 Å². The molecule has 14 N–H and O–H groups in total. The van der Waals surface area contributed by atoms with Gasteiger partial charge < -0.3 is 149 Å². The maximum absolute atomic E-state index is 12.0. The lowest BCUT2D eigenvalue weighted by atomic mass is 10.1. The number of imidazole rings is 1. The van der Waals surface area contributed by atoms with Gasteiger partial charge in [-0.1, -0.05) is 38.5 Å². The number of rotatable bonds is 54. The van der Waals surface area contributed by atoms with Crippen LogP contribution in [0.5, 0.6) is 0 Å². The standard InChI is InChI=1S/C17H32N6O15P4.C17H33N3O17P4.C16H32N4O16P4/c18-5-3-1-2-4-6-33-39(25,26)36-41(29,30)38-42(31,32)37-40(27,28)34-9-14-13(24)7-12(35-14)8-23-11-22-15-16(19)20-10-21-17(15)23;1-12-9-20(17(23)19-16(12)22)10-13-8-14(21)15(34-13)11-33-39(26,27)36-41(30,31)37-40(28,29)35-38(24,25)32-7-5-3-2-4-6-18;17-6-3-1-2-4-8-31-37(23,24)34-39(27,28)36-40(29,30)35-38(25,26)32-11-14-13(21)9-12(33-14)10-20-7-5-15(18)19-16(20)22/h10-14,24H,1-9,18H2,(H,25,26)(H,27,28)(H,29,30)(H,31,32)(H2,19,20,21);9,13-15,21H,2-8,10-11,18H2,1H3,(H,24,25)(H,26,27)(H,28,29)(H,30,31)(H,19,22,23);5,7,12-14,21H,1-4,6,8-11,17H2,(H,23,24)(H,25,26)(H,27,28)(H,29,30)(H2,18,19,22)/p-12/t12-,13?,14-;13-,14?,15-;12-,13?,14-/m111/s1. The number of aliphatic hydroxyl groups is 3. The number of anilines is 2. The molecule has 3 fully saturated rings. The molecule has 0 aliphatic carbocycles. The Bertz CT molecular complexity index is 4900. The van der Waals surface area contributed by atoms with Gasteiger partial charge in [-0.25, -0.2) is 63.3 Å². The van der Waals surface area contributed by atoms with E-state index in [1.165, 1.54) is 38.0 Å². The Labute approximate surface area is 695 Å². The minimum Gasteiger partial charge on any atom is -0.756 e. The molecule has 4 aromatic heterocycles. The minimum absolute atomic E-state index is 0.00314. The average molecular weight is 2010 g/mol. The topological polar surface area (TPSA) is 972 Å². The molecule has 0 aromatic carbocycles. The highest BCUT2D eigenvalue weighted by atomic mass is 31.3. The number of aromatic amines is 1. The number of hydrogen-bond acceptors (Lipinski definition) is 57. The molecule has 15 unspecified atom stereocenters. The van der Waals surface area contributed by atoms with E-state index in [-0.39, 0.29) is 75.4 Å². The first-order valence-electron chi connectivity index (χ1n) is 35.4. The summed E-state index contributed by atoms with van der Waals surface area (Å²) in [6.07, 6.45) is 0.670. The van der Waals surface area contributed by atoms with Crippen molar-refractivity contribution in [2.75, 3.05) is 70.7 Å². The number of phosphoric ester groups is 6. The highest BCUT2D eigenvalue weighted by molar-refractivity contribution is 7.70. The third-order valence-corrected chi connectivity index (χ3v) is 32.9. The molecule has 123 heavy (non-hydrogen) atoms. The van der Waals surface area contributed by atoms with Crippen LogP contribution in [0.1, 0.15) is 102 Å². The normalized spacial score (nSPS) is 25.2. The molecule has 0 radical (unpaired) electrons. The Morgan fingerprint density at radius 3 is 1.07 bits per heavy atom. The van der Waals surface area contributed by atoms with Crippen molar-refractivity contribution in [1.29, 1.82) is 0 Å². The van der Waals surface area contributed by atoms with Crippen LogP contribution in [-0.4, -0.2) is 168 Å². The van der Waals surface area contributed by atoms with Crippen LogP contribution in [0, 0.1) is 6.92 Å². The molecule has 7 rings (SSSR count). The second kappa shape index (κ2) is 49.0. The van der Waals surface area contributed by atoms with E-state index in [1.807, 2.05) is 0 Å². The molecular weight excluding hydrogens is 1920 g/mol. The van der Waals surface area contributed by atoms with Crippen molar-refractivity contribution in [2.45, 2.75) is 178 Å². The number of H-pyrrole nitrogens is 1. The maximum Gasteiger partial charge on any atom is 0.349 e. The lowest BCUT2D eigenvalue weighted by molar-refractivity contribution is -0.260. The van der Waals surface area contributed by atoms with Crippen LogP contribution >= 0.6 is 93.9 Å². The lowest BCUT2D eigenvalue weighted by Crippen LogP contribution is -2.34. The number of aliphatic hydroxyl groups excluding tert-OH is 3. The molecule has 73 heteroatoms. The molecule has 7 heterocycles. The summed E-state index contributed by atoms with van der Waals surface area (Å²) < 4.78 is 220. The number of aromatic nitrogens is 8. The van der Waals surface area contributed by atoms with Gasteiger partial charge in [-0.3, -0.25) is 73.7 Å². The Kier molecular flexibility index (Phi) is 44.0. The number of nitrogen functional groups attached to an aromatic ring is 2. The van der Waals surface area contributed by atoms with Crippen LogP contribution in [0.15, 0.2) is 45.5 Å². The summed E-state index contributed by atoms with van der Waals surface area (Å²) in [6.45, 7) is -1.89. The van der Waals surface area contributed by atoms with E-state index in [2.05, 4.69) is 90.9 Å². The van der Waals surface area contributed by atoms with E-state index in [0.717, 1.165) is 9.13 Å². The number of phosphoric acid groups is 12. The van der Waals surface area contributed by atoms with E-state index in [4.69, 9.17) is 42.9 Å². The fraction of sp³-hybridized carbons (Fsp3) is 0.740. The Morgan fingerprint density at radius 2 is 0.740 bits per heavy atom. The molecular formula is C50H85N13O48P12-12. The summed E-state index contributed by atoms with van der Waals surface area (Å²) >= 11 is 0. The quantitative estimate of drug-likeness (QED) is 0.0147. The van der Waals surface area contributed by atoms with Gasteiger partial charge in [0.25, 0.3) is 99.4 Å². The smallest absolute Gasteiger partial charge is 0.349 e. The molecule has 0 saturated carbocycles. The largest absolute Gasteiger partial charge is 0.756 e. The van der Waals surface area contributed by atoms with E-state index < -0.39 is 205 Å². The third kappa shape index (κ3) is 42.4. The Balaban J connectivity index is 0.000000328. The monoisotopic (exact) mass is 2010 g/mol. The van der Waals surface area contributed by atoms with Crippen LogP contribution in [0.3, 0.4) is 0 Å². The van der Waals surface area contributed by atoms with Crippen LogP contribution in [0.25, 0.3) is 11.2 Å². The van der Waals surface area contributed by atoms with Gasteiger partial charge in [-0.15, -0.1) is 0 Å². The fourth-order valence-corrected chi connectivity index (χ4v) is 24.8. The highest BCUT2D eigenvalue weighted by Gasteiger charge is 2.41.